The van der Waals surface area contributed by atoms with E-state index in [1.807, 2.05) is 30.3 Å². The van der Waals surface area contributed by atoms with E-state index in [2.05, 4.69) is 0 Å². The zero-order valence-electron chi connectivity index (χ0n) is 14.8. The second-order valence-corrected chi connectivity index (χ2v) is 7.37. The van der Waals surface area contributed by atoms with Crippen LogP contribution in [0, 0.1) is 5.92 Å². The van der Waals surface area contributed by atoms with Gasteiger partial charge in [0.2, 0.25) is 0 Å². The fourth-order valence-corrected chi connectivity index (χ4v) is 3.01. The van der Waals surface area contributed by atoms with Crippen molar-refractivity contribution < 1.29 is 23.9 Å². The van der Waals surface area contributed by atoms with Crippen molar-refractivity contribution >= 4 is 12.2 Å². The number of rotatable bonds is 2. The lowest BCUT2D eigenvalue weighted by atomic mass is 10.1. The van der Waals surface area contributed by atoms with Crippen LogP contribution in [0.25, 0.3) is 0 Å². The van der Waals surface area contributed by atoms with Gasteiger partial charge in [0, 0.05) is 19.0 Å². The van der Waals surface area contributed by atoms with E-state index >= 15 is 0 Å². The fourth-order valence-electron chi connectivity index (χ4n) is 3.01. The maximum Gasteiger partial charge on any atom is 0.434 e. The molecule has 1 aromatic rings. The third kappa shape index (κ3) is 4.22. The van der Waals surface area contributed by atoms with Gasteiger partial charge >= 0.3 is 12.2 Å². The van der Waals surface area contributed by atoms with Crippen LogP contribution in [0.1, 0.15) is 26.3 Å². The molecule has 0 aliphatic carbocycles. The molecule has 0 bridgehead atoms. The van der Waals surface area contributed by atoms with Crippen molar-refractivity contribution in [1.29, 1.82) is 0 Å². The summed E-state index contributed by atoms with van der Waals surface area (Å²) in [5, 5.41) is 1.26. The van der Waals surface area contributed by atoms with Crippen LogP contribution >= 0.6 is 0 Å². The van der Waals surface area contributed by atoms with E-state index in [4.69, 9.17) is 14.3 Å². The number of likely N-dealkylation sites (tertiary alicyclic amines) is 1. The number of hydrogen-bond donors (Lipinski definition) is 0. The second kappa shape index (κ2) is 6.92. The number of benzene rings is 1. The number of amides is 2. The van der Waals surface area contributed by atoms with Gasteiger partial charge in [-0.15, -0.1) is 0 Å². The fraction of sp³-hybridized carbons (Fsp3) is 0.556. The molecular formula is C18H24N2O5. The zero-order valence-corrected chi connectivity index (χ0v) is 14.8. The van der Waals surface area contributed by atoms with Gasteiger partial charge in [0.15, 0.2) is 0 Å². The van der Waals surface area contributed by atoms with Crippen molar-refractivity contribution in [1.82, 2.24) is 9.96 Å². The Morgan fingerprint density at radius 1 is 1.16 bits per heavy atom. The van der Waals surface area contributed by atoms with Crippen molar-refractivity contribution in [2.45, 2.75) is 39.0 Å². The standard InChI is InChI=1S/C18H24N2O5/c1-18(2,3)25-17(22)20-15-10-19(9-14(15)12-24-20)16(21)23-11-13-7-5-4-6-8-13/h4-8,14-15H,9-12H2,1-3H3. The first kappa shape index (κ1) is 17.5. The molecule has 2 unspecified atom stereocenters. The number of ether oxygens (including phenoxy) is 2. The van der Waals surface area contributed by atoms with Gasteiger partial charge in [-0.3, -0.25) is 4.84 Å². The van der Waals surface area contributed by atoms with E-state index in [0.29, 0.717) is 19.7 Å². The number of nitrogens with zero attached hydrogens (tertiary/aromatic N) is 2. The first-order chi connectivity index (χ1) is 11.8. The van der Waals surface area contributed by atoms with Gasteiger partial charge in [-0.25, -0.2) is 9.59 Å². The van der Waals surface area contributed by atoms with Crippen molar-refractivity contribution in [3.63, 3.8) is 0 Å². The smallest absolute Gasteiger partial charge is 0.434 e. The molecular weight excluding hydrogens is 324 g/mol. The molecule has 2 amide bonds. The third-order valence-electron chi connectivity index (χ3n) is 4.17. The number of carbonyl (C=O) groups is 2. The molecule has 0 spiro atoms. The molecule has 2 saturated heterocycles. The summed E-state index contributed by atoms with van der Waals surface area (Å²) < 4.78 is 10.7. The summed E-state index contributed by atoms with van der Waals surface area (Å²) in [5.74, 6) is 0.0804. The molecule has 0 radical (unpaired) electrons. The Labute approximate surface area is 147 Å². The first-order valence-corrected chi connectivity index (χ1v) is 8.44. The van der Waals surface area contributed by atoms with E-state index in [1.54, 1.807) is 25.7 Å². The molecule has 0 saturated carbocycles. The highest BCUT2D eigenvalue weighted by atomic mass is 16.7. The summed E-state index contributed by atoms with van der Waals surface area (Å²) in [7, 11) is 0. The van der Waals surface area contributed by atoms with Crippen LogP contribution < -0.4 is 0 Å². The summed E-state index contributed by atoms with van der Waals surface area (Å²) in [6.07, 6.45) is -0.887. The van der Waals surface area contributed by atoms with Crippen LogP contribution in [0.15, 0.2) is 30.3 Å². The molecule has 7 heteroatoms. The summed E-state index contributed by atoms with van der Waals surface area (Å²) in [5.41, 5.74) is 0.347. The van der Waals surface area contributed by atoms with Crippen molar-refractivity contribution in [2.75, 3.05) is 19.7 Å². The Balaban J connectivity index is 1.54. The highest BCUT2D eigenvalue weighted by Crippen LogP contribution is 2.30. The van der Waals surface area contributed by atoms with E-state index in [0.717, 1.165) is 5.56 Å². The number of fused-ring (bicyclic) bond motifs is 1. The van der Waals surface area contributed by atoms with E-state index in [-0.39, 0.29) is 24.7 Å². The van der Waals surface area contributed by atoms with Crippen LogP contribution in [0.3, 0.4) is 0 Å². The average Bonchev–Trinajstić information content (AvgIpc) is 3.12. The largest absolute Gasteiger partial charge is 0.445 e. The monoisotopic (exact) mass is 348 g/mol. The number of hydrogen-bond acceptors (Lipinski definition) is 5. The van der Waals surface area contributed by atoms with Gasteiger partial charge in [0.25, 0.3) is 0 Å². The third-order valence-corrected chi connectivity index (χ3v) is 4.17. The van der Waals surface area contributed by atoms with Crippen LogP contribution in [-0.2, 0) is 20.9 Å². The zero-order chi connectivity index (χ0) is 18.0. The molecule has 25 heavy (non-hydrogen) atoms. The van der Waals surface area contributed by atoms with Crippen LogP contribution in [0.2, 0.25) is 0 Å². The lowest BCUT2D eigenvalue weighted by Crippen LogP contribution is -2.42. The molecule has 2 aliphatic rings. The normalized spacial score (nSPS) is 22.7. The number of carbonyl (C=O) groups excluding carboxylic acids is 2. The topological polar surface area (TPSA) is 68.3 Å². The number of hydroxylamine groups is 2. The molecule has 0 aromatic heterocycles. The minimum Gasteiger partial charge on any atom is -0.445 e. The molecule has 1 aromatic carbocycles. The van der Waals surface area contributed by atoms with Gasteiger partial charge < -0.3 is 14.4 Å². The summed E-state index contributed by atoms with van der Waals surface area (Å²) in [4.78, 5) is 31.6. The van der Waals surface area contributed by atoms with Crippen LogP contribution in [-0.4, -0.2) is 53.5 Å². The van der Waals surface area contributed by atoms with Gasteiger partial charge in [0.05, 0.1) is 12.6 Å². The predicted octanol–water partition coefficient (Wildman–Crippen LogP) is 2.81. The van der Waals surface area contributed by atoms with Crippen LogP contribution in [0.4, 0.5) is 9.59 Å². The minimum atomic E-state index is -0.592. The highest BCUT2D eigenvalue weighted by molar-refractivity contribution is 5.70. The highest BCUT2D eigenvalue weighted by Gasteiger charge is 2.48. The predicted molar refractivity (Wildman–Crippen MR) is 89.5 cm³/mol. The van der Waals surface area contributed by atoms with Gasteiger partial charge in [-0.2, -0.15) is 5.06 Å². The van der Waals surface area contributed by atoms with E-state index in [9.17, 15) is 9.59 Å². The van der Waals surface area contributed by atoms with Crippen molar-refractivity contribution in [3.8, 4) is 0 Å². The van der Waals surface area contributed by atoms with Gasteiger partial charge in [0.1, 0.15) is 12.2 Å². The Bertz CT molecular complexity index is 628. The van der Waals surface area contributed by atoms with Crippen molar-refractivity contribution in [3.05, 3.63) is 35.9 Å². The Kier molecular flexibility index (Phi) is 4.85. The molecule has 2 heterocycles. The molecule has 7 nitrogen and oxygen atoms in total. The van der Waals surface area contributed by atoms with Gasteiger partial charge in [-0.1, -0.05) is 30.3 Å². The molecule has 2 aliphatic heterocycles. The first-order valence-electron chi connectivity index (χ1n) is 8.44. The van der Waals surface area contributed by atoms with Gasteiger partial charge in [-0.05, 0) is 26.3 Å². The lowest BCUT2D eigenvalue weighted by molar-refractivity contribution is -0.126. The molecule has 2 fully saturated rings. The molecule has 0 N–H and O–H groups in total. The van der Waals surface area contributed by atoms with Crippen molar-refractivity contribution in [2.24, 2.45) is 5.92 Å². The quantitative estimate of drug-likeness (QED) is 0.822. The SMILES string of the molecule is CC(C)(C)OC(=O)N1OCC2CN(C(=O)OCc3ccccc3)CC21. The Hall–Kier alpha value is -2.28. The second-order valence-electron chi connectivity index (χ2n) is 7.37. The Morgan fingerprint density at radius 2 is 1.88 bits per heavy atom. The molecule has 136 valence electrons. The minimum absolute atomic E-state index is 0.0804. The maximum absolute atomic E-state index is 12.3. The van der Waals surface area contributed by atoms with E-state index in [1.165, 1.54) is 5.06 Å². The van der Waals surface area contributed by atoms with Crippen LogP contribution in [0.5, 0.6) is 0 Å². The summed E-state index contributed by atoms with van der Waals surface area (Å²) in [6.45, 7) is 6.94. The molecule has 3 rings (SSSR count). The molecule has 2 atom stereocenters. The lowest BCUT2D eigenvalue weighted by Gasteiger charge is -2.27. The summed E-state index contributed by atoms with van der Waals surface area (Å²) >= 11 is 0. The Morgan fingerprint density at radius 3 is 2.56 bits per heavy atom. The van der Waals surface area contributed by atoms with E-state index < -0.39 is 11.7 Å². The average molecular weight is 348 g/mol. The summed E-state index contributed by atoms with van der Waals surface area (Å²) in [6, 6.07) is 9.34. The maximum atomic E-state index is 12.3.